The minimum Gasteiger partial charge on any atom is -0.507 e. The molecule has 2 unspecified atom stereocenters. The van der Waals surface area contributed by atoms with Gasteiger partial charge in [0.25, 0.3) is 5.91 Å². The highest BCUT2D eigenvalue weighted by atomic mass is 35.5. The number of likely N-dealkylation sites (tertiary alicyclic amines) is 1. The van der Waals surface area contributed by atoms with Gasteiger partial charge in [0.2, 0.25) is 0 Å². The number of phenolic OH excluding ortho intramolecular Hbond substituents is 1. The largest absolute Gasteiger partial charge is 0.507 e. The zero-order valence-electron chi connectivity index (χ0n) is 10.8. The van der Waals surface area contributed by atoms with Crippen molar-refractivity contribution < 1.29 is 19.4 Å². The number of ether oxygens (including phenoxy) is 2. The maximum atomic E-state index is 12.3. The molecule has 2 atom stereocenters. The van der Waals surface area contributed by atoms with Crippen LogP contribution in [-0.4, -0.2) is 55.4 Å². The fourth-order valence-electron chi connectivity index (χ4n) is 2.22. The molecule has 2 rings (SSSR count). The van der Waals surface area contributed by atoms with Crippen LogP contribution in [0.25, 0.3) is 0 Å². The Balaban J connectivity index is 2.17. The Kier molecular flexibility index (Phi) is 4.29. The molecule has 0 spiro atoms. The quantitative estimate of drug-likeness (QED) is 0.915. The first-order valence-electron chi connectivity index (χ1n) is 5.90. The number of hydrogen-bond donors (Lipinski definition) is 1. The first kappa shape index (κ1) is 14.1. The van der Waals surface area contributed by atoms with E-state index in [1.54, 1.807) is 25.2 Å². The van der Waals surface area contributed by atoms with Crippen molar-refractivity contribution in [1.29, 1.82) is 0 Å². The molecule has 0 radical (unpaired) electrons. The Morgan fingerprint density at radius 2 is 1.89 bits per heavy atom. The number of methoxy groups -OCH3 is 2. The molecule has 0 saturated carbocycles. The van der Waals surface area contributed by atoms with Crippen LogP contribution in [0.3, 0.4) is 0 Å². The van der Waals surface area contributed by atoms with E-state index in [-0.39, 0.29) is 29.4 Å². The Labute approximate surface area is 116 Å². The summed E-state index contributed by atoms with van der Waals surface area (Å²) in [5, 5.41) is 10.2. The standard InChI is InChI=1S/C13H16ClNO4/c1-18-11-6-15(7-12(11)19-2)13(17)9-4-3-8(14)5-10(9)16/h3-5,11-12,16H,6-7H2,1-2H3. The van der Waals surface area contributed by atoms with Crippen molar-refractivity contribution in [3.63, 3.8) is 0 Å². The van der Waals surface area contributed by atoms with Gasteiger partial charge in [-0.25, -0.2) is 0 Å². The van der Waals surface area contributed by atoms with Crippen molar-refractivity contribution in [3.05, 3.63) is 28.8 Å². The molecule has 104 valence electrons. The fourth-order valence-corrected chi connectivity index (χ4v) is 2.38. The van der Waals surface area contributed by atoms with Gasteiger partial charge in [0.05, 0.1) is 5.56 Å². The number of rotatable bonds is 3. The molecule has 1 amide bonds. The average Bonchev–Trinajstić information content (AvgIpc) is 2.81. The molecule has 0 aromatic heterocycles. The van der Waals surface area contributed by atoms with E-state index in [0.717, 1.165) is 0 Å². The van der Waals surface area contributed by atoms with E-state index in [1.165, 1.54) is 12.1 Å². The molecule has 1 N–H and O–H groups in total. The fraction of sp³-hybridized carbons (Fsp3) is 0.462. The topological polar surface area (TPSA) is 59.0 Å². The monoisotopic (exact) mass is 285 g/mol. The molecule has 5 nitrogen and oxygen atoms in total. The summed E-state index contributed by atoms with van der Waals surface area (Å²) in [7, 11) is 3.18. The number of nitrogens with zero attached hydrogens (tertiary/aromatic N) is 1. The van der Waals surface area contributed by atoms with Gasteiger partial charge in [-0.05, 0) is 18.2 Å². The molecule has 1 aliphatic heterocycles. The molecule has 0 aliphatic carbocycles. The van der Waals surface area contributed by atoms with Crippen LogP contribution < -0.4 is 0 Å². The minimum atomic E-state index is -0.254. The van der Waals surface area contributed by atoms with Crippen LogP contribution in [0.1, 0.15) is 10.4 Å². The van der Waals surface area contributed by atoms with E-state index in [4.69, 9.17) is 21.1 Å². The molecule has 1 aromatic rings. The molecule has 0 bridgehead atoms. The summed E-state index contributed by atoms with van der Waals surface area (Å²) >= 11 is 5.75. The van der Waals surface area contributed by atoms with E-state index in [0.29, 0.717) is 18.1 Å². The second kappa shape index (κ2) is 5.77. The molecule has 1 aliphatic rings. The summed E-state index contributed by atoms with van der Waals surface area (Å²) in [5.41, 5.74) is 0.232. The maximum absolute atomic E-state index is 12.3. The number of benzene rings is 1. The third kappa shape index (κ3) is 2.83. The molecule has 6 heteroatoms. The maximum Gasteiger partial charge on any atom is 0.257 e. The van der Waals surface area contributed by atoms with Crippen LogP contribution >= 0.6 is 11.6 Å². The second-order valence-electron chi connectivity index (χ2n) is 4.42. The Hall–Kier alpha value is -1.30. The van der Waals surface area contributed by atoms with E-state index in [2.05, 4.69) is 0 Å². The first-order valence-corrected chi connectivity index (χ1v) is 6.28. The summed E-state index contributed by atoms with van der Waals surface area (Å²) < 4.78 is 10.6. The predicted molar refractivity (Wildman–Crippen MR) is 70.6 cm³/mol. The van der Waals surface area contributed by atoms with Crippen molar-refractivity contribution in [2.75, 3.05) is 27.3 Å². The van der Waals surface area contributed by atoms with E-state index >= 15 is 0 Å². The number of carbonyl (C=O) groups excluding carboxylic acids is 1. The number of carbonyl (C=O) groups is 1. The van der Waals surface area contributed by atoms with Crippen LogP contribution in [0.4, 0.5) is 0 Å². The normalized spacial score (nSPS) is 22.8. The van der Waals surface area contributed by atoms with Gasteiger partial charge < -0.3 is 19.5 Å². The van der Waals surface area contributed by atoms with Crippen LogP contribution in [0.2, 0.25) is 5.02 Å². The molecule has 1 saturated heterocycles. The lowest BCUT2D eigenvalue weighted by Crippen LogP contribution is -2.30. The molecule has 1 heterocycles. The Morgan fingerprint density at radius 1 is 1.32 bits per heavy atom. The third-order valence-electron chi connectivity index (χ3n) is 3.30. The van der Waals surface area contributed by atoms with Gasteiger partial charge >= 0.3 is 0 Å². The predicted octanol–water partition coefficient (Wildman–Crippen LogP) is 1.53. The SMILES string of the molecule is COC1CN(C(=O)c2ccc(Cl)cc2O)CC1OC. The van der Waals surface area contributed by atoms with Crippen LogP contribution in [0, 0.1) is 0 Å². The number of halogens is 1. The zero-order valence-corrected chi connectivity index (χ0v) is 11.6. The van der Waals surface area contributed by atoms with Gasteiger partial charge in [-0.3, -0.25) is 4.79 Å². The molecular formula is C13H16ClNO4. The van der Waals surface area contributed by atoms with E-state index < -0.39 is 0 Å². The van der Waals surface area contributed by atoms with Crippen molar-refractivity contribution in [3.8, 4) is 5.75 Å². The lowest BCUT2D eigenvalue weighted by Gasteiger charge is -2.16. The summed E-state index contributed by atoms with van der Waals surface area (Å²) in [5.74, 6) is -0.372. The number of phenols is 1. The number of amides is 1. The number of aromatic hydroxyl groups is 1. The van der Waals surface area contributed by atoms with E-state index in [9.17, 15) is 9.90 Å². The van der Waals surface area contributed by atoms with E-state index in [1.807, 2.05) is 0 Å². The Morgan fingerprint density at radius 3 is 2.37 bits per heavy atom. The molecular weight excluding hydrogens is 270 g/mol. The number of hydrogen-bond acceptors (Lipinski definition) is 4. The van der Waals surface area contributed by atoms with Crippen molar-refractivity contribution >= 4 is 17.5 Å². The minimum absolute atomic E-state index is 0.118. The third-order valence-corrected chi connectivity index (χ3v) is 3.53. The summed E-state index contributed by atoms with van der Waals surface area (Å²) in [6.45, 7) is 0.881. The lowest BCUT2D eigenvalue weighted by molar-refractivity contribution is -0.00461. The second-order valence-corrected chi connectivity index (χ2v) is 4.86. The van der Waals surface area contributed by atoms with Gasteiger partial charge in [-0.15, -0.1) is 0 Å². The zero-order chi connectivity index (χ0) is 14.0. The van der Waals surface area contributed by atoms with Crippen molar-refractivity contribution in [2.24, 2.45) is 0 Å². The Bertz CT molecular complexity index is 468. The summed E-state index contributed by atoms with van der Waals surface area (Å²) in [6.07, 6.45) is -0.299. The van der Waals surface area contributed by atoms with Crippen LogP contribution in [-0.2, 0) is 9.47 Å². The average molecular weight is 286 g/mol. The lowest BCUT2D eigenvalue weighted by atomic mass is 10.2. The highest BCUT2D eigenvalue weighted by Gasteiger charge is 2.36. The smallest absolute Gasteiger partial charge is 0.257 e. The van der Waals surface area contributed by atoms with Gasteiger partial charge in [0, 0.05) is 32.3 Å². The molecule has 19 heavy (non-hydrogen) atoms. The van der Waals surface area contributed by atoms with Gasteiger partial charge in [-0.1, -0.05) is 11.6 Å². The molecule has 1 aromatic carbocycles. The van der Waals surface area contributed by atoms with Gasteiger partial charge in [-0.2, -0.15) is 0 Å². The molecule has 1 fully saturated rings. The summed E-state index contributed by atoms with van der Waals surface area (Å²) in [4.78, 5) is 13.9. The van der Waals surface area contributed by atoms with Crippen molar-refractivity contribution in [1.82, 2.24) is 4.90 Å². The highest BCUT2D eigenvalue weighted by molar-refractivity contribution is 6.30. The first-order chi connectivity index (χ1) is 9.06. The van der Waals surface area contributed by atoms with Gasteiger partial charge in [0.1, 0.15) is 18.0 Å². The van der Waals surface area contributed by atoms with Gasteiger partial charge in [0.15, 0.2) is 0 Å². The summed E-state index contributed by atoms with van der Waals surface area (Å²) in [6, 6.07) is 4.45. The van der Waals surface area contributed by atoms with Crippen molar-refractivity contribution in [2.45, 2.75) is 12.2 Å². The highest BCUT2D eigenvalue weighted by Crippen LogP contribution is 2.25. The van der Waals surface area contributed by atoms with Crippen LogP contribution in [0.15, 0.2) is 18.2 Å². The van der Waals surface area contributed by atoms with Crippen LogP contribution in [0.5, 0.6) is 5.75 Å².